The first kappa shape index (κ1) is 12.1. The third kappa shape index (κ3) is 2.31. The van der Waals surface area contributed by atoms with Gasteiger partial charge in [-0.05, 0) is 24.3 Å². The molecule has 2 aromatic heterocycles. The molecule has 0 radical (unpaired) electrons. The van der Waals surface area contributed by atoms with Gasteiger partial charge < -0.3 is 5.11 Å². The summed E-state index contributed by atoms with van der Waals surface area (Å²) in [6.07, 6.45) is 4.59. The number of carboxylic acid groups (broad SMARTS) is 1. The molecular formula is C10H12N6O2. The maximum Gasteiger partial charge on any atom is 0.310 e. The van der Waals surface area contributed by atoms with E-state index in [1.165, 1.54) is 17.1 Å². The maximum absolute atomic E-state index is 11.1. The average molecular weight is 248 g/mol. The summed E-state index contributed by atoms with van der Waals surface area (Å²) in [5, 5.41) is 20.3. The maximum atomic E-state index is 11.1. The second-order valence-electron chi connectivity index (χ2n) is 4.44. The van der Waals surface area contributed by atoms with E-state index < -0.39 is 11.4 Å². The first-order valence-corrected chi connectivity index (χ1v) is 5.26. The van der Waals surface area contributed by atoms with Crippen molar-refractivity contribution in [1.29, 1.82) is 0 Å². The largest absolute Gasteiger partial charge is 0.481 e. The average Bonchev–Trinajstić information content (AvgIpc) is 2.77. The van der Waals surface area contributed by atoms with Crippen molar-refractivity contribution < 1.29 is 9.90 Å². The van der Waals surface area contributed by atoms with E-state index in [1.54, 1.807) is 20.0 Å². The van der Waals surface area contributed by atoms with Crippen molar-refractivity contribution in [3.8, 4) is 11.5 Å². The lowest BCUT2D eigenvalue weighted by atomic mass is 9.94. The third-order valence-corrected chi connectivity index (χ3v) is 2.45. The predicted molar refractivity (Wildman–Crippen MR) is 60.3 cm³/mol. The fourth-order valence-corrected chi connectivity index (χ4v) is 1.35. The molecule has 0 aromatic carbocycles. The van der Waals surface area contributed by atoms with Crippen molar-refractivity contribution in [2.75, 3.05) is 0 Å². The van der Waals surface area contributed by atoms with Crippen LogP contribution in [0.15, 0.2) is 18.6 Å². The molecule has 1 N–H and O–H groups in total. The van der Waals surface area contributed by atoms with Gasteiger partial charge in [0.2, 0.25) is 5.82 Å². The molecule has 8 nitrogen and oxygen atoms in total. The van der Waals surface area contributed by atoms with Crippen LogP contribution >= 0.6 is 0 Å². The first-order valence-electron chi connectivity index (χ1n) is 5.26. The SMILES string of the molecule is CC(C)(Cn1nnnc1-c1cnccn1)C(=O)O. The van der Waals surface area contributed by atoms with Crippen LogP contribution in [0.25, 0.3) is 11.5 Å². The van der Waals surface area contributed by atoms with Gasteiger partial charge in [0.05, 0.1) is 18.2 Å². The second-order valence-corrected chi connectivity index (χ2v) is 4.44. The summed E-state index contributed by atoms with van der Waals surface area (Å²) in [6.45, 7) is 3.37. The summed E-state index contributed by atoms with van der Waals surface area (Å²) in [6, 6.07) is 0. The van der Waals surface area contributed by atoms with Crippen LogP contribution in [-0.4, -0.2) is 41.3 Å². The molecule has 0 spiro atoms. The van der Waals surface area contributed by atoms with Gasteiger partial charge in [0.1, 0.15) is 5.69 Å². The van der Waals surface area contributed by atoms with Crippen molar-refractivity contribution in [3.05, 3.63) is 18.6 Å². The topological polar surface area (TPSA) is 107 Å². The van der Waals surface area contributed by atoms with Crippen molar-refractivity contribution >= 4 is 5.97 Å². The number of aliphatic carboxylic acids is 1. The van der Waals surface area contributed by atoms with Crippen molar-refractivity contribution in [3.63, 3.8) is 0 Å². The molecule has 8 heteroatoms. The van der Waals surface area contributed by atoms with Crippen LogP contribution in [-0.2, 0) is 11.3 Å². The minimum absolute atomic E-state index is 0.154. The number of carbonyl (C=O) groups is 1. The molecule has 2 heterocycles. The number of hydrogen-bond donors (Lipinski definition) is 1. The van der Waals surface area contributed by atoms with Crippen LogP contribution in [0.1, 0.15) is 13.8 Å². The third-order valence-electron chi connectivity index (χ3n) is 2.45. The standard InChI is InChI=1S/C10H12N6O2/c1-10(2,9(17)18)6-16-8(13-14-15-16)7-5-11-3-4-12-7/h3-5H,6H2,1-2H3,(H,17,18). The molecule has 0 aliphatic heterocycles. The Morgan fingerprint density at radius 3 is 2.83 bits per heavy atom. The number of carboxylic acids is 1. The van der Waals surface area contributed by atoms with Crippen LogP contribution < -0.4 is 0 Å². The van der Waals surface area contributed by atoms with Crippen LogP contribution in [0.4, 0.5) is 0 Å². The Kier molecular flexibility index (Phi) is 3.00. The monoisotopic (exact) mass is 248 g/mol. The molecule has 0 bridgehead atoms. The minimum atomic E-state index is -0.966. The highest BCUT2D eigenvalue weighted by molar-refractivity contribution is 5.73. The van der Waals surface area contributed by atoms with Gasteiger partial charge >= 0.3 is 5.97 Å². The molecule has 0 amide bonds. The predicted octanol–water partition coefficient (Wildman–Crippen LogP) is 0.241. The number of tetrazole rings is 1. The Bertz CT molecular complexity index is 551. The lowest BCUT2D eigenvalue weighted by molar-refractivity contribution is -0.147. The summed E-state index contributed by atoms with van der Waals surface area (Å²) in [5.41, 5.74) is -0.463. The van der Waals surface area contributed by atoms with E-state index in [0.29, 0.717) is 11.5 Å². The highest BCUT2D eigenvalue weighted by Gasteiger charge is 2.29. The fraction of sp³-hybridized carbons (Fsp3) is 0.400. The molecule has 18 heavy (non-hydrogen) atoms. The fourth-order valence-electron chi connectivity index (χ4n) is 1.35. The van der Waals surface area contributed by atoms with E-state index in [2.05, 4.69) is 25.5 Å². The van der Waals surface area contributed by atoms with Gasteiger partial charge in [-0.25, -0.2) is 9.67 Å². The van der Waals surface area contributed by atoms with E-state index in [4.69, 9.17) is 5.11 Å². The molecular weight excluding hydrogens is 236 g/mol. The number of hydrogen-bond acceptors (Lipinski definition) is 6. The molecule has 2 aromatic rings. The lowest BCUT2D eigenvalue weighted by Crippen LogP contribution is -2.30. The Labute approximate surface area is 103 Å². The zero-order valence-corrected chi connectivity index (χ0v) is 9.98. The van der Waals surface area contributed by atoms with Gasteiger partial charge in [-0.1, -0.05) is 0 Å². The normalized spacial score (nSPS) is 11.4. The van der Waals surface area contributed by atoms with E-state index in [9.17, 15) is 4.79 Å². The summed E-state index contributed by atoms with van der Waals surface area (Å²) in [7, 11) is 0. The molecule has 0 fully saturated rings. The molecule has 0 saturated heterocycles. The number of rotatable bonds is 4. The Balaban J connectivity index is 2.32. The van der Waals surface area contributed by atoms with Crippen LogP contribution in [0.2, 0.25) is 0 Å². The van der Waals surface area contributed by atoms with Gasteiger partial charge in [0.25, 0.3) is 0 Å². The van der Waals surface area contributed by atoms with Gasteiger partial charge in [0, 0.05) is 12.4 Å². The van der Waals surface area contributed by atoms with Gasteiger partial charge in [0.15, 0.2) is 0 Å². The van der Waals surface area contributed by atoms with Crippen LogP contribution in [0, 0.1) is 5.41 Å². The number of nitrogens with zero attached hydrogens (tertiary/aromatic N) is 6. The van der Waals surface area contributed by atoms with Crippen LogP contribution in [0.3, 0.4) is 0 Å². The zero-order chi connectivity index (χ0) is 13.2. The van der Waals surface area contributed by atoms with Gasteiger partial charge in [-0.15, -0.1) is 5.10 Å². The van der Waals surface area contributed by atoms with Gasteiger partial charge in [-0.2, -0.15) is 0 Å². The Morgan fingerprint density at radius 1 is 1.44 bits per heavy atom. The first-order chi connectivity index (χ1) is 8.50. The zero-order valence-electron chi connectivity index (χ0n) is 9.98. The molecule has 0 atom stereocenters. The molecule has 0 unspecified atom stereocenters. The van der Waals surface area contributed by atoms with Crippen molar-refractivity contribution in [2.45, 2.75) is 20.4 Å². The summed E-state index contributed by atoms with van der Waals surface area (Å²) in [4.78, 5) is 19.1. The molecule has 2 rings (SSSR count). The number of aromatic nitrogens is 6. The Morgan fingerprint density at radius 2 is 2.22 bits per heavy atom. The van der Waals surface area contributed by atoms with Crippen LogP contribution in [0.5, 0.6) is 0 Å². The van der Waals surface area contributed by atoms with Crippen molar-refractivity contribution in [1.82, 2.24) is 30.2 Å². The highest BCUT2D eigenvalue weighted by Crippen LogP contribution is 2.20. The van der Waals surface area contributed by atoms with E-state index in [1.807, 2.05) is 0 Å². The molecule has 0 saturated carbocycles. The molecule has 0 aliphatic carbocycles. The lowest BCUT2D eigenvalue weighted by Gasteiger charge is -2.18. The quantitative estimate of drug-likeness (QED) is 0.825. The summed E-state index contributed by atoms with van der Waals surface area (Å²) >= 11 is 0. The summed E-state index contributed by atoms with van der Waals surface area (Å²) in [5.74, 6) is -0.513. The minimum Gasteiger partial charge on any atom is -0.481 e. The van der Waals surface area contributed by atoms with E-state index in [0.717, 1.165) is 0 Å². The molecule has 0 aliphatic rings. The Hall–Kier alpha value is -2.38. The second kappa shape index (κ2) is 4.47. The van der Waals surface area contributed by atoms with Crippen molar-refractivity contribution in [2.24, 2.45) is 5.41 Å². The smallest absolute Gasteiger partial charge is 0.310 e. The van der Waals surface area contributed by atoms with Gasteiger partial charge in [-0.3, -0.25) is 9.78 Å². The molecule has 94 valence electrons. The summed E-state index contributed by atoms with van der Waals surface area (Å²) < 4.78 is 1.41. The van der Waals surface area contributed by atoms with E-state index in [-0.39, 0.29) is 6.54 Å². The highest BCUT2D eigenvalue weighted by atomic mass is 16.4. The van der Waals surface area contributed by atoms with E-state index >= 15 is 0 Å².